The minimum atomic E-state index is -3.13. The first-order valence-electron chi connectivity index (χ1n) is 13.3. The molecule has 0 heterocycles. The van der Waals surface area contributed by atoms with Crippen LogP contribution >= 0.6 is 0 Å². The molecule has 0 bridgehead atoms. The van der Waals surface area contributed by atoms with Gasteiger partial charge >= 0.3 is 0 Å². The van der Waals surface area contributed by atoms with Gasteiger partial charge in [-0.1, -0.05) is 97.0 Å². The largest absolute Gasteiger partial charge is 1.00 e. The molecule has 4 nitrogen and oxygen atoms in total. The van der Waals surface area contributed by atoms with Crippen molar-refractivity contribution in [2.24, 2.45) is 0 Å². The minimum absolute atomic E-state index is 0. The molecule has 0 fully saturated rings. The van der Waals surface area contributed by atoms with Crippen molar-refractivity contribution >= 4 is 10.0 Å². The summed E-state index contributed by atoms with van der Waals surface area (Å²) in [5.41, 5.74) is 0. The van der Waals surface area contributed by atoms with E-state index in [0.717, 1.165) is 43.5 Å². The van der Waals surface area contributed by atoms with Gasteiger partial charge in [0.15, 0.2) is 0 Å². The van der Waals surface area contributed by atoms with Crippen molar-refractivity contribution in [2.45, 2.75) is 111 Å². The first kappa shape index (κ1) is 34.3. The van der Waals surface area contributed by atoms with Crippen LogP contribution in [0.15, 0.2) is 12.7 Å². The van der Waals surface area contributed by atoms with Gasteiger partial charge in [0.05, 0.1) is 38.5 Å². The van der Waals surface area contributed by atoms with Crippen LogP contribution in [0.1, 0.15) is 111 Å². The van der Waals surface area contributed by atoms with Crippen LogP contribution in [0.25, 0.3) is 0 Å². The van der Waals surface area contributed by atoms with Gasteiger partial charge in [0.25, 0.3) is 0 Å². The normalized spacial score (nSPS) is 12.2. The molecular weight excluding hydrogens is 484 g/mol. The van der Waals surface area contributed by atoms with Crippen LogP contribution in [0, 0.1) is 0 Å². The average molecular weight is 540 g/mol. The molecule has 0 radical (unpaired) electrons. The molecule has 32 heavy (non-hydrogen) atoms. The van der Waals surface area contributed by atoms with Crippen LogP contribution < -0.4 is 17.0 Å². The molecule has 0 rings (SSSR count). The predicted molar refractivity (Wildman–Crippen MR) is 138 cm³/mol. The number of sulfonamides is 1. The van der Waals surface area contributed by atoms with Gasteiger partial charge in [-0.25, -0.2) is 8.42 Å². The standard InChI is InChI=1S/C26H55N2O2S.BrH/c1-6-10-11-12-13-14-15-16-17-18-19-20-21-22-26-31(29,30)27(5)23-25-28(8-3,9-4)24-7-2;/h7H,2,6,8-26H2,1,3-5H3;1H/q+1;/p-1. The molecule has 0 amide bonds. The summed E-state index contributed by atoms with van der Waals surface area (Å²) < 4.78 is 27.7. The lowest BCUT2D eigenvalue weighted by Crippen LogP contribution is -3.00. The van der Waals surface area contributed by atoms with E-state index in [1.54, 1.807) is 11.4 Å². The summed E-state index contributed by atoms with van der Waals surface area (Å²) in [5, 5.41) is 0. The Bertz CT molecular complexity index is 522. The molecule has 0 aromatic carbocycles. The molecule has 6 heteroatoms. The van der Waals surface area contributed by atoms with Crippen LogP contribution in [-0.4, -0.2) is 62.7 Å². The number of hydrogen-bond donors (Lipinski definition) is 0. The van der Waals surface area contributed by atoms with Crippen molar-refractivity contribution in [3.63, 3.8) is 0 Å². The monoisotopic (exact) mass is 538 g/mol. The van der Waals surface area contributed by atoms with E-state index in [1.807, 2.05) is 6.08 Å². The van der Waals surface area contributed by atoms with Gasteiger partial charge in [-0.05, 0) is 26.3 Å². The van der Waals surface area contributed by atoms with Gasteiger partial charge in [0.2, 0.25) is 10.0 Å². The number of rotatable bonds is 23. The Morgan fingerprint density at radius 1 is 0.750 bits per heavy atom. The summed E-state index contributed by atoms with van der Waals surface area (Å²) in [7, 11) is -1.39. The average Bonchev–Trinajstić information content (AvgIpc) is 2.76. The Morgan fingerprint density at radius 3 is 1.53 bits per heavy atom. The highest BCUT2D eigenvalue weighted by atomic mass is 79.9. The second-order valence-corrected chi connectivity index (χ2v) is 11.6. The predicted octanol–water partition coefficient (Wildman–Crippen LogP) is 3.78. The number of halogens is 1. The maximum absolute atomic E-state index is 12.6. The molecule has 0 aliphatic rings. The van der Waals surface area contributed by atoms with Gasteiger partial charge in [-0.15, -0.1) is 0 Å². The van der Waals surface area contributed by atoms with Gasteiger partial charge < -0.3 is 21.5 Å². The Hall–Kier alpha value is 0.0900. The van der Waals surface area contributed by atoms with Gasteiger partial charge in [0.1, 0.15) is 0 Å². The van der Waals surface area contributed by atoms with Crippen LogP contribution in [0.4, 0.5) is 0 Å². The molecule has 0 aromatic rings. The van der Waals surface area contributed by atoms with Gasteiger partial charge in [-0.3, -0.25) is 0 Å². The smallest absolute Gasteiger partial charge is 0.214 e. The third-order valence-corrected chi connectivity index (χ3v) is 8.91. The zero-order valence-electron chi connectivity index (χ0n) is 21.9. The number of hydrogen-bond acceptors (Lipinski definition) is 2. The summed E-state index contributed by atoms with van der Waals surface area (Å²) >= 11 is 0. The van der Waals surface area contributed by atoms with Crippen molar-refractivity contribution in [2.75, 3.05) is 45.5 Å². The second kappa shape index (κ2) is 21.6. The van der Waals surface area contributed by atoms with Crippen molar-refractivity contribution in [3.05, 3.63) is 12.7 Å². The molecule has 0 saturated heterocycles. The first-order valence-corrected chi connectivity index (χ1v) is 14.9. The molecular formula is C26H55BrN2O2S. The Morgan fingerprint density at radius 2 is 1.16 bits per heavy atom. The number of unbranched alkanes of at least 4 members (excludes halogenated alkanes) is 13. The lowest BCUT2D eigenvalue weighted by Gasteiger charge is -2.37. The van der Waals surface area contributed by atoms with Crippen LogP contribution in [-0.2, 0) is 10.0 Å². The van der Waals surface area contributed by atoms with Crippen molar-refractivity contribution < 1.29 is 29.9 Å². The molecule has 0 aromatic heterocycles. The second-order valence-electron chi connectivity index (χ2n) is 9.40. The van der Waals surface area contributed by atoms with E-state index in [9.17, 15) is 8.42 Å². The maximum Gasteiger partial charge on any atom is 0.214 e. The third kappa shape index (κ3) is 16.7. The fraction of sp³-hybridized carbons (Fsp3) is 0.923. The molecule has 0 N–H and O–H groups in total. The molecule has 0 aliphatic carbocycles. The molecule has 194 valence electrons. The van der Waals surface area contributed by atoms with Crippen LogP contribution in [0.2, 0.25) is 0 Å². The highest BCUT2D eigenvalue weighted by Crippen LogP contribution is 2.14. The molecule has 0 saturated carbocycles. The zero-order valence-corrected chi connectivity index (χ0v) is 24.3. The molecule has 0 spiro atoms. The van der Waals surface area contributed by atoms with E-state index in [2.05, 4.69) is 27.4 Å². The summed E-state index contributed by atoms with van der Waals surface area (Å²) in [6.45, 7) is 14.9. The van der Waals surface area contributed by atoms with Crippen molar-refractivity contribution in [1.29, 1.82) is 0 Å². The molecule has 0 unspecified atom stereocenters. The van der Waals surface area contributed by atoms with E-state index in [-0.39, 0.29) is 17.0 Å². The minimum Gasteiger partial charge on any atom is -1.00 e. The van der Waals surface area contributed by atoms with E-state index in [1.165, 1.54) is 77.0 Å². The lowest BCUT2D eigenvalue weighted by atomic mass is 10.0. The fourth-order valence-corrected chi connectivity index (χ4v) is 5.53. The lowest BCUT2D eigenvalue weighted by molar-refractivity contribution is -0.918. The zero-order chi connectivity index (χ0) is 23.4. The Kier molecular flexibility index (Phi) is 23.1. The topological polar surface area (TPSA) is 37.4 Å². The van der Waals surface area contributed by atoms with E-state index >= 15 is 0 Å². The number of likely N-dealkylation sites (N-methyl/N-ethyl adjacent to an activating group) is 2. The van der Waals surface area contributed by atoms with E-state index in [4.69, 9.17) is 0 Å². The highest BCUT2D eigenvalue weighted by Gasteiger charge is 2.25. The Balaban J connectivity index is 0. The third-order valence-electron chi connectivity index (χ3n) is 6.98. The van der Waals surface area contributed by atoms with Crippen molar-refractivity contribution in [3.8, 4) is 0 Å². The number of nitrogens with zero attached hydrogens (tertiary/aromatic N) is 2. The maximum atomic E-state index is 12.6. The van der Waals surface area contributed by atoms with Crippen molar-refractivity contribution in [1.82, 2.24) is 4.31 Å². The summed E-state index contributed by atoms with van der Waals surface area (Å²) in [4.78, 5) is 0. The quantitative estimate of drug-likeness (QED) is 0.113. The van der Waals surface area contributed by atoms with Crippen LogP contribution in [0.3, 0.4) is 0 Å². The highest BCUT2D eigenvalue weighted by molar-refractivity contribution is 7.89. The first-order chi connectivity index (χ1) is 14.9. The van der Waals surface area contributed by atoms with Crippen LogP contribution in [0.5, 0.6) is 0 Å². The summed E-state index contributed by atoms with van der Waals surface area (Å²) in [6, 6.07) is 0. The van der Waals surface area contributed by atoms with E-state index < -0.39 is 10.0 Å². The summed E-state index contributed by atoms with van der Waals surface area (Å²) in [6.07, 6.45) is 20.0. The fourth-order valence-electron chi connectivity index (χ4n) is 4.29. The van der Waals surface area contributed by atoms with Gasteiger partial charge in [0, 0.05) is 7.05 Å². The van der Waals surface area contributed by atoms with Gasteiger partial charge in [-0.2, -0.15) is 4.31 Å². The molecule has 0 atom stereocenters. The number of quaternary nitrogens is 1. The summed E-state index contributed by atoms with van der Waals surface area (Å²) in [5.74, 6) is 0.293. The Labute approximate surface area is 212 Å². The SMILES string of the molecule is C=CC[N+](CC)(CC)CCN(C)S(=O)(=O)CCCCCCCCCCCCCCCC.[Br-]. The van der Waals surface area contributed by atoms with E-state index in [0.29, 0.717) is 12.3 Å². The molecule has 0 aliphatic heterocycles.